The van der Waals surface area contributed by atoms with Crippen LogP contribution in [0.5, 0.6) is 0 Å². The number of piperidine rings is 1. The van der Waals surface area contributed by atoms with Crippen LogP contribution < -0.4 is 10.6 Å². The summed E-state index contributed by atoms with van der Waals surface area (Å²) in [7, 11) is 0. The Morgan fingerprint density at radius 1 is 1.15 bits per heavy atom. The second-order valence-corrected chi connectivity index (χ2v) is 7.63. The van der Waals surface area contributed by atoms with Crippen molar-refractivity contribution in [2.45, 2.75) is 59.2 Å². The Kier molecular flexibility index (Phi) is 8.92. The lowest BCUT2D eigenvalue weighted by molar-refractivity contribution is 0.0792. The summed E-state index contributed by atoms with van der Waals surface area (Å²) in [4.78, 5) is 7.11. The number of likely N-dealkylation sites (tertiary alicyclic amines) is 1. The molecule has 1 heterocycles. The first-order valence-electron chi connectivity index (χ1n) is 10.1. The third-order valence-corrected chi connectivity index (χ3v) is 4.76. The molecule has 0 amide bonds. The first-order chi connectivity index (χ1) is 12.6. The molecule has 0 atom stereocenters. The quantitative estimate of drug-likeness (QED) is 0.493. The Balaban J connectivity index is 1.82. The van der Waals surface area contributed by atoms with Crippen molar-refractivity contribution in [2.24, 2.45) is 10.9 Å². The van der Waals surface area contributed by atoms with Gasteiger partial charge in [0, 0.05) is 32.7 Å². The fraction of sp³-hybridized carbons (Fsp3) is 0.667. The van der Waals surface area contributed by atoms with Crippen molar-refractivity contribution in [3.63, 3.8) is 0 Å². The summed E-state index contributed by atoms with van der Waals surface area (Å²) in [5.74, 6) is 1.59. The number of hydrogen-bond donors (Lipinski definition) is 3. The number of rotatable bonds is 8. The molecule has 1 aromatic carbocycles. The van der Waals surface area contributed by atoms with Crippen molar-refractivity contribution in [1.29, 1.82) is 0 Å². The van der Waals surface area contributed by atoms with Crippen LogP contribution in [-0.2, 0) is 13.1 Å². The van der Waals surface area contributed by atoms with Crippen molar-refractivity contribution in [3.8, 4) is 0 Å². The van der Waals surface area contributed by atoms with Crippen molar-refractivity contribution < 1.29 is 5.11 Å². The molecule has 0 aromatic heterocycles. The van der Waals surface area contributed by atoms with Gasteiger partial charge in [-0.2, -0.15) is 0 Å². The summed E-state index contributed by atoms with van der Waals surface area (Å²) in [6, 6.07) is 8.76. The van der Waals surface area contributed by atoms with Gasteiger partial charge in [-0.25, -0.2) is 4.99 Å². The van der Waals surface area contributed by atoms with Crippen LogP contribution in [0.15, 0.2) is 29.3 Å². The lowest BCUT2D eigenvalue weighted by Crippen LogP contribution is -2.38. The maximum Gasteiger partial charge on any atom is 0.191 e. The number of nitrogens with zero attached hydrogens (tertiary/aromatic N) is 2. The lowest BCUT2D eigenvalue weighted by Gasteiger charge is -2.29. The van der Waals surface area contributed by atoms with Crippen LogP contribution in [0.2, 0.25) is 0 Å². The smallest absolute Gasteiger partial charge is 0.191 e. The van der Waals surface area contributed by atoms with Crippen LogP contribution in [0.25, 0.3) is 0 Å². The van der Waals surface area contributed by atoms with E-state index in [1.807, 2.05) is 0 Å². The minimum absolute atomic E-state index is 0.105. The number of aliphatic hydroxyl groups is 1. The number of aliphatic hydroxyl groups excluding tert-OH is 1. The number of benzene rings is 1. The lowest BCUT2D eigenvalue weighted by atomic mass is 10.1. The first kappa shape index (κ1) is 20.7. The fourth-order valence-corrected chi connectivity index (χ4v) is 3.08. The third kappa shape index (κ3) is 7.75. The van der Waals surface area contributed by atoms with E-state index >= 15 is 0 Å². The van der Waals surface area contributed by atoms with Crippen LogP contribution in [-0.4, -0.2) is 48.2 Å². The normalized spacial score (nSPS) is 16.9. The van der Waals surface area contributed by atoms with E-state index in [-0.39, 0.29) is 6.10 Å². The summed E-state index contributed by atoms with van der Waals surface area (Å²) in [5.41, 5.74) is 2.56. The van der Waals surface area contributed by atoms with E-state index in [4.69, 9.17) is 4.99 Å². The largest absolute Gasteiger partial charge is 0.393 e. The molecule has 5 heteroatoms. The molecule has 5 nitrogen and oxygen atoms in total. The van der Waals surface area contributed by atoms with Gasteiger partial charge in [0.1, 0.15) is 0 Å². The molecule has 1 saturated heterocycles. The van der Waals surface area contributed by atoms with Crippen molar-refractivity contribution in [1.82, 2.24) is 15.5 Å². The molecule has 0 aliphatic carbocycles. The Bertz CT molecular complexity index is 533. The average molecular weight is 361 g/mol. The van der Waals surface area contributed by atoms with Crippen LogP contribution in [0.1, 0.15) is 51.2 Å². The van der Waals surface area contributed by atoms with Gasteiger partial charge in [0.25, 0.3) is 0 Å². The second kappa shape index (κ2) is 11.2. The van der Waals surface area contributed by atoms with Gasteiger partial charge in [-0.05, 0) is 43.2 Å². The molecule has 146 valence electrons. The summed E-state index contributed by atoms with van der Waals surface area (Å²) in [5, 5.41) is 16.3. The summed E-state index contributed by atoms with van der Waals surface area (Å²) < 4.78 is 0. The van der Waals surface area contributed by atoms with Gasteiger partial charge in [0.2, 0.25) is 0 Å². The van der Waals surface area contributed by atoms with Gasteiger partial charge < -0.3 is 15.7 Å². The maximum atomic E-state index is 9.60. The van der Waals surface area contributed by atoms with Crippen LogP contribution in [0.4, 0.5) is 0 Å². The molecule has 0 saturated carbocycles. The Morgan fingerprint density at radius 3 is 2.42 bits per heavy atom. The zero-order valence-electron chi connectivity index (χ0n) is 16.7. The van der Waals surface area contributed by atoms with E-state index in [2.05, 4.69) is 60.6 Å². The number of nitrogens with one attached hydrogen (secondary N) is 2. The van der Waals surface area contributed by atoms with Crippen molar-refractivity contribution in [3.05, 3.63) is 35.4 Å². The third-order valence-electron chi connectivity index (χ3n) is 4.76. The van der Waals surface area contributed by atoms with Gasteiger partial charge in [0.15, 0.2) is 5.96 Å². The summed E-state index contributed by atoms with van der Waals surface area (Å²) in [6.07, 6.45) is 2.83. The average Bonchev–Trinajstić information content (AvgIpc) is 2.62. The number of aliphatic imine (C=N–C) groups is 1. The highest BCUT2D eigenvalue weighted by atomic mass is 16.3. The van der Waals surface area contributed by atoms with E-state index in [1.165, 1.54) is 11.1 Å². The predicted molar refractivity (Wildman–Crippen MR) is 109 cm³/mol. The molecule has 0 unspecified atom stereocenters. The van der Waals surface area contributed by atoms with Gasteiger partial charge in [-0.1, -0.05) is 38.1 Å². The van der Waals surface area contributed by atoms with Gasteiger partial charge in [0.05, 0.1) is 12.6 Å². The Labute approximate surface area is 158 Å². The molecule has 26 heavy (non-hydrogen) atoms. The second-order valence-electron chi connectivity index (χ2n) is 7.63. The van der Waals surface area contributed by atoms with E-state index in [0.717, 1.165) is 57.9 Å². The molecule has 0 spiro atoms. The van der Waals surface area contributed by atoms with Crippen LogP contribution in [0.3, 0.4) is 0 Å². The fourth-order valence-electron chi connectivity index (χ4n) is 3.08. The highest BCUT2D eigenvalue weighted by molar-refractivity contribution is 5.79. The highest BCUT2D eigenvalue weighted by Gasteiger charge is 2.16. The SMILES string of the molecule is CCNC(=NCc1ccc(CN2CCC(O)CC2)cc1)NCCC(C)C. The zero-order valence-corrected chi connectivity index (χ0v) is 16.7. The van der Waals surface area contributed by atoms with Gasteiger partial charge in [-0.15, -0.1) is 0 Å². The Morgan fingerprint density at radius 2 is 1.81 bits per heavy atom. The minimum Gasteiger partial charge on any atom is -0.393 e. The van der Waals surface area contributed by atoms with Gasteiger partial charge in [-0.3, -0.25) is 4.90 Å². The van der Waals surface area contributed by atoms with Crippen LogP contribution in [0, 0.1) is 5.92 Å². The standard InChI is InChI=1S/C21H36N4O/c1-4-22-21(23-12-9-17(2)3)24-15-18-5-7-19(8-6-18)16-25-13-10-20(26)11-14-25/h5-8,17,20,26H,4,9-16H2,1-3H3,(H2,22,23,24). The molecule has 1 aliphatic rings. The Hall–Kier alpha value is -1.59. The molecule has 0 radical (unpaired) electrons. The summed E-state index contributed by atoms with van der Waals surface area (Å²) in [6.45, 7) is 12.0. The molecular formula is C21H36N4O. The van der Waals surface area contributed by atoms with Crippen molar-refractivity contribution >= 4 is 5.96 Å². The predicted octanol–water partition coefficient (Wildman–Crippen LogP) is 2.74. The van der Waals surface area contributed by atoms with E-state index in [0.29, 0.717) is 12.5 Å². The highest BCUT2D eigenvalue weighted by Crippen LogP contribution is 2.14. The molecular weight excluding hydrogens is 324 g/mol. The number of hydrogen-bond acceptors (Lipinski definition) is 3. The molecule has 0 bridgehead atoms. The molecule has 2 rings (SSSR count). The molecule has 1 fully saturated rings. The first-order valence-corrected chi connectivity index (χ1v) is 10.1. The summed E-state index contributed by atoms with van der Waals surface area (Å²) >= 11 is 0. The topological polar surface area (TPSA) is 59.9 Å². The molecule has 1 aromatic rings. The molecule has 1 aliphatic heterocycles. The van der Waals surface area contributed by atoms with E-state index in [9.17, 15) is 5.11 Å². The number of guanidine groups is 1. The van der Waals surface area contributed by atoms with Crippen LogP contribution >= 0.6 is 0 Å². The van der Waals surface area contributed by atoms with Crippen molar-refractivity contribution in [2.75, 3.05) is 26.2 Å². The van der Waals surface area contributed by atoms with E-state index in [1.54, 1.807) is 0 Å². The van der Waals surface area contributed by atoms with E-state index < -0.39 is 0 Å². The van der Waals surface area contributed by atoms with Gasteiger partial charge >= 0.3 is 0 Å². The molecule has 3 N–H and O–H groups in total. The maximum absolute atomic E-state index is 9.60. The monoisotopic (exact) mass is 360 g/mol. The zero-order chi connectivity index (χ0) is 18.8. The minimum atomic E-state index is -0.105.